The van der Waals surface area contributed by atoms with Crippen LogP contribution in [-0.2, 0) is 24.0 Å². The zero-order chi connectivity index (χ0) is 21.7. The molecule has 3 atom stereocenters. The fraction of sp³-hybridized carbons (Fsp3) is 0.688. The van der Waals surface area contributed by atoms with Crippen molar-refractivity contribution < 1.29 is 29.1 Å². The average Bonchev–Trinajstić information content (AvgIpc) is 2.61. The first-order valence-electron chi connectivity index (χ1n) is 8.92. The molecule has 0 heterocycles. The second-order valence-corrected chi connectivity index (χ2v) is 6.32. The van der Waals surface area contributed by atoms with Gasteiger partial charge in [0.05, 0.1) is 12.6 Å². The average molecular weight is 402 g/mol. The van der Waals surface area contributed by atoms with Crippen LogP contribution in [0.3, 0.4) is 0 Å². The summed E-state index contributed by atoms with van der Waals surface area (Å²) in [6, 6.07) is -3.15. The van der Waals surface area contributed by atoms with Crippen LogP contribution in [-0.4, -0.2) is 65.9 Å². The second-order valence-electron chi connectivity index (χ2n) is 6.32. The fourth-order valence-electron chi connectivity index (χ4n) is 2.15. The lowest BCUT2D eigenvalue weighted by molar-refractivity contribution is -0.142. The van der Waals surface area contributed by atoms with Gasteiger partial charge < -0.3 is 38.3 Å². The van der Waals surface area contributed by atoms with E-state index in [-0.39, 0.29) is 25.8 Å². The predicted molar refractivity (Wildman–Crippen MR) is 99.5 cm³/mol. The monoisotopic (exact) mass is 402 g/mol. The summed E-state index contributed by atoms with van der Waals surface area (Å²) >= 11 is 0. The van der Waals surface area contributed by atoms with E-state index in [0.717, 1.165) is 0 Å². The van der Waals surface area contributed by atoms with Gasteiger partial charge >= 0.3 is 5.97 Å². The number of carboxylic acid groups (broad SMARTS) is 1. The number of nitrogens with two attached hydrogens (primary N) is 3. The molecule has 0 aromatic heterocycles. The standard InChI is InChI=1S/C16H30N6O6/c1-9(18)14(25)20-8-13(24)21-10(4-2-3-7-17)15(26)22-11(16(27)28)5-6-12(19)23/h9-11H,2-8,17-18H2,1H3,(H2,19,23)(H,20,25)(H,21,24)(H,22,26)(H,27,28). The molecule has 0 fully saturated rings. The lowest BCUT2D eigenvalue weighted by Crippen LogP contribution is -2.53. The van der Waals surface area contributed by atoms with E-state index >= 15 is 0 Å². The van der Waals surface area contributed by atoms with Crippen molar-refractivity contribution in [1.82, 2.24) is 16.0 Å². The van der Waals surface area contributed by atoms with E-state index in [0.29, 0.717) is 19.4 Å². The first kappa shape index (κ1) is 25.3. The van der Waals surface area contributed by atoms with E-state index in [2.05, 4.69) is 16.0 Å². The predicted octanol–water partition coefficient (Wildman–Crippen LogP) is -3.10. The lowest BCUT2D eigenvalue weighted by Gasteiger charge is -2.21. The molecule has 0 aromatic rings. The van der Waals surface area contributed by atoms with Crippen LogP contribution in [0.25, 0.3) is 0 Å². The summed E-state index contributed by atoms with van der Waals surface area (Å²) in [6.45, 7) is 1.46. The van der Waals surface area contributed by atoms with Crippen molar-refractivity contribution in [3.05, 3.63) is 0 Å². The normalized spacial score (nSPS) is 13.7. The van der Waals surface area contributed by atoms with Gasteiger partial charge in [0.25, 0.3) is 0 Å². The van der Waals surface area contributed by atoms with Crippen molar-refractivity contribution in [2.45, 2.75) is 57.2 Å². The first-order chi connectivity index (χ1) is 13.1. The van der Waals surface area contributed by atoms with Crippen molar-refractivity contribution in [2.75, 3.05) is 13.1 Å². The molecule has 0 saturated carbocycles. The zero-order valence-corrected chi connectivity index (χ0v) is 15.9. The van der Waals surface area contributed by atoms with Crippen LogP contribution in [0.2, 0.25) is 0 Å². The Balaban J connectivity index is 4.91. The molecule has 12 heteroatoms. The summed E-state index contributed by atoms with van der Waals surface area (Å²) in [5.74, 6) is -3.91. The first-order valence-corrected chi connectivity index (χ1v) is 8.92. The molecular weight excluding hydrogens is 372 g/mol. The Bertz CT molecular complexity index is 568. The van der Waals surface area contributed by atoms with E-state index in [4.69, 9.17) is 17.2 Å². The highest BCUT2D eigenvalue weighted by Gasteiger charge is 2.26. The number of carboxylic acids is 1. The number of amides is 4. The van der Waals surface area contributed by atoms with E-state index in [1.807, 2.05) is 0 Å². The Morgan fingerprint density at radius 3 is 2.11 bits per heavy atom. The number of unbranched alkanes of at least 4 members (excludes halogenated alkanes) is 1. The van der Waals surface area contributed by atoms with Crippen molar-refractivity contribution >= 4 is 29.6 Å². The summed E-state index contributed by atoms with van der Waals surface area (Å²) in [7, 11) is 0. The molecule has 3 unspecified atom stereocenters. The van der Waals surface area contributed by atoms with Gasteiger partial charge in [-0.3, -0.25) is 19.2 Å². The molecule has 0 radical (unpaired) electrons. The van der Waals surface area contributed by atoms with Gasteiger partial charge in [0.15, 0.2) is 0 Å². The number of carbonyl (C=O) groups is 5. The molecule has 0 aliphatic carbocycles. The highest BCUT2D eigenvalue weighted by molar-refractivity contribution is 5.92. The molecule has 0 spiro atoms. The Morgan fingerprint density at radius 2 is 1.61 bits per heavy atom. The molecule has 0 rings (SSSR count). The summed E-state index contributed by atoms with van der Waals surface area (Å²) in [4.78, 5) is 58.0. The van der Waals surface area contributed by atoms with Crippen LogP contribution in [0.4, 0.5) is 0 Å². The van der Waals surface area contributed by atoms with Crippen LogP contribution in [0.15, 0.2) is 0 Å². The maximum Gasteiger partial charge on any atom is 0.326 e. The molecule has 0 aromatic carbocycles. The molecule has 160 valence electrons. The number of aliphatic carboxylic acids is 1. The highest BCUT2D eigenvalue weighted by Crippen LogP contribution is 2.04. The van der Waals surface area contributed by atoms with Gasteiger partial charge in [-0.2, -0.15) is 0 Å². The Kier molecular flexibility index (Phi) is 12.1. The fourth-order valence-corrected chi connectivity index (χ4v) is 2.15. The maximum atomic E-state index is 12.4. The van der Waals surface area contributed by atoms with E-state index in [9.17, 15) is 29.1 Å². The molecule has 28 heavy (non-hydrogen) atoms. The number of primary amides is 1. The van der Waals surface area contributed by atoms with Gasteiger partial charge in [0.1, 0.15) is 12.1 Å². The molecule has 0 bridgehead atoms. The molecule has 4 amide bonds. The molecule has 10 N–H and O–H groups in total. The Labute approximate surface area is 162 Å². The van der Waals surface area contributed by atoms with Gasteiger partial charge in [0, 0.05) is 6.42 Å². The lowest BCUT2D eigenvalue weighted by atomic mass is 10.1. The van der Waals surface area contributed by atoms with Gasteiger partial charge in [0.2, 0.25) is 23.6 Å². The number of rotatable bonds is 14. The third-order valence-electron chi connectivity index (χ3n) is 3.73. The zero-order valence-electron chi connectivity index (χ0n) is 15.9. The Hall–Kier alpha value is -2.73. The molecule has 0 aliphatic heterocycles. The second kappa shape index (κ2) is 13.4. The van der Waals surface area contributed by atoms with Crippen LogP contribution < -0.4 is 33.2 Å². The van der Waals surface area contributed by atoms with E-state index < -0.39 is 47.7 Å². The maximum absolute atomic E-state index is 12.4. The third kappa shape index (κ3) is 11.1. The summed E-state index contributed by atoms with van der Waals surface area (Å²) < 4.78 is 0. The SMILES string of the molecule is CC(N)C(=O)NCC(=O)NC(CCCCN)C(=O)NC(CCC(N)=O)C(=O)O. The minimum atomic E-state index is -1.33. The number of carbonyl (C=O) groups excluding carboxylic acids is 4. The van der Waals surface area contributed by atoms with Gasteiger partial charge in [-0.1, -0.05) is 0 Å². The van der Waals surface area contributed by atoms with Crippen molar-refractivity contribution in [1.29, 1.82) is 0 Å². The summed E-state index contributed by atoms with van der Waals surface area (Å²) in [5, 5.41) is 16.2. The van der Waals surface area contributed by atoms with E-state index in [1.165, 1.54) is 6.92 Å². The largest absolute Gasteiger partial charge is 0.480 e. The minimum absolute atomic E-state index is 0.176. The minimum Gasteiger partial charge on any atom is -0.480 e. The third-order valence-corrected chi connectivity index (χ3v) is 3.73. The van der Waals surface area contributed by atoms with Crippen LogP contribution >= 0.6 is 0 Å². The smallest absolute Gasteiger partial charge is 0.326 e. The van der Waals surface area contributed by atoms with Crippen LogP contribution in [0.5, 0.6) is 0 Å². The summed E-state index contributed by atoms with van der Waals surface area (Å²) in [5.41, 5.74) is 15.8. The van der Waals surface area contributed by atoms with Crippen molar-refractivity contribution in [2.24, 2.45) is 17.2 Å². The van der Waals surface area contributed by atoms with Gasteiger partial charge in [-0.05, 0) is 39.2 Å². The Morgan fingerprint density at radius 1 is 0.964 bits per heavy atom. The number of hydrogen-bond acceptors (Lipinski definition) is 7. The number of nitrogens with one attached hydrogen (secondary N) is 3. The highest BCUT2D eigenvalue weighted by atomic mass is 16.4. The topological polar surface area (TPSA) is 220 Å². The molecular formula is C16H30N6O6. The quantitative estimate of drug-likeness (QED) is 0.147. The molecule has 12 nitrogen and oxygen atoms in total. The number of hydrogen-bond donors (Lipinski definition) is 7. The van der Waals surface area contributed by atoms with Crippen LogP contribution in [0, 0.1) is 0 Å². The molecule has 0 aliphatic rings. The van der Waals surface area contributed by atoms with Crippen molar-refractivity contribution in [3.63, 3.8) is 0 Å². The van der Waals surface area contributed by atoms with Gasteiger partial charge in [-0.15, -0.1) is 0 Å². The summed E-state index contributed by atoms with van der Waals surface area (Å²) in [6.07, 6.45) is 0.943. The van der Waals surface area contributed by atoms with Gasteiger partial charge in [-0.25, -0.2) is 4.79 Å². The van der Waals surface area contributed by atoms with Crippen LogP contribution in [0.1, 0.15) is 39.0 Å². The molecule has 0 saturated heterocycles. The van der Waals surface area contributed by atoms with E-state index in [1.54, 1.807) is 0 Å². The van der Waals surface area contributed by atoms with Crippen molar-refractivity contribution in [3.8, 4) is 0 Å².